The Morgan fingerprint density at radius 1 is 0.694 bits per heavy atom. The van der Waals surface area contributed by atoms with Crippen molar-refractivity contribution in [2.45, 2.75) is 78.0 Å². The van der Waals surface area contributed by atoms with Crippen molar-refractivity contribution >= 4 is 0 Å². The second-order valence-corrected chi connectivity index (χ2v) is 10.3. The zero-order valence-corrected chi connectivity index (χ0v) is 22.5. The third-order valence-electron chi connectivity index (χ3n) is 6.03. The van der Waals surface area contributed by atoms with E-state index in [1.165, 1.54) is 0 Å². The second kappa shape index (κ2) is 13.4. The number of rotatable bonds is 15. The lowest BCUT2D eigenvalue weighted by Gasteiger charge is -2.25. The van der Waals surface area contributed by atoms with Crippen molar-refractivity contribution in [1.29, 1.82) is 0 Å². The fourth-order valence-electron chi connectivity index (χ4n) is 3.61. The van der Waals surface area contributed by atoms with Crippen molar-refractivity contribution in [3.8, 4) is 22.6 Å². The van der Waals surface area contributed by atoms with Gasteiger partial charge in [-0.15, -0.1) is 0 Å². The van der Waals surface area contributed by atoms with Crippen LogP contribution in [0.25, 0.3) is 11.1 Å². The Morgan fingerprint density at radius 3 is 1.39 bits per heavy atom. The first-order chi connectivity index (χ1) is 16.8. The first-order valence-corrected chi connectivity index (χ1v) is 12.5. The summed E-state index contributed by atoms with van der Waals surface area (Å²) in [6, 6.07) is 12.0. The molecule has 6 N–H and O–H groups in total. The summed E-state index contributed by atoms with van der Waals surface area (Å²) in [6.07, 6.45) is -0.618. The molecule has 0 aromatic heterocycles. The number of nitrogens with one attached hydrogen (secondary N) is 2. The molecular formula is C28H44N2O6. The van der Waals surface area contributed by atoms with Crippen molar-refractivity contribution in [1.82, 2.24) is 10.6 Å². The van der Waals surface area contributed by atoms with Gasteiger partial charge in [-0.3, -0.25) is 10.6 Å². The minimum absolute atomic E-state index is 0.480. The average molecular weight is 505 g/mol. The van der Waals surface area contributed by atoms with E-state index in [9.17, 15) is 20.4 Å². The van der Waals surface area contributed by atoms with Gasteiger partial charge in [0.15, 0.2) is 0 Å². The van der Waals surface area contributed by atoms with Crippen molar-refractivity contribution in [3.63, 3.8) is 0 Å². The highest BCUT2D eigenvalue weighted by Gasteiger charge is 2.24. The number of hydrogen-bond acceptors (Lipinski definition) is 8. The molecule has 0 spiro atoms. The van der Waals surface area contributed by atoms with Crippen LogP contribution >= 0.6 is 0 Å². The molecule has 2 atom stereocenters. The van der Waals surface area contributed by atoms with E-state index in [2.05, 4.69) is 22.8 Å². The summed E-state index contributed by atoms with van der Waals surface area (Å²) >= 11 is 0. The third kappa shape index (κ3) is 9.03. The first kappa shape index (κ1) is 30.0. The van der Waals surface area contributed by atoms with E-state index in [1.54, 1.807) is 27.7 Å². The van der Waals surface area contributed by atoms with Crippen LogP contribution in [0.2, 0.25) is 0 Å². The van der Waals surface area contributed by atoms with Gasteiger partial charge in [0.1, 0.15) is 24.0 Å². The van der Waals surface area contributed by atoms with Crippen LogP contribution in [0.5, 0.6) is 11.5 Å². The van der Waals surface area contributed by atoms with Crippen LogP contribution in [0.15, 0.2) is 36.4 Å². The zero-order chi connectivity index (χ0) is 26.9. The van der Waals surface area contributed by atoms with E-state index in [1.807, 2.05) is 38.1 Å². The Hall–Kier alpha value is -2.20. The summed E-state index contributed by atoms with van der Waals surface area (Å²) in [6.45, 7) is 12.3. The van der Waals surface area contributed by atoms with E-state index >= 15 is 0 Å². The van der Waals surface area contributed by atoms with Crippen LogP contribution in [0.3, 0.4) is 0 Å². The van der Waals surface area contributed by atoms with Gasteiger partial charge in [0, 0.05) is 13.1 Å². The molecule has 0 aliphatic carbocycles. The largest absolute Gasteiger partial charge is 0.493 e. The standard InChI is InChI=1S/C28H44N2O6/c1-19-21(11-7-13-23(19)35-17-9-15-29-25(31)27(3,4)33)22-12-8-14-24(20(22)2)36-18-10-16-30-26(32)28(5,6)34/h7-8,11-14,25-26,29-34H,9-10,15-18H2,1-6H3. The lowest BCUT2D eigenvalue weighted by molar-refractivity contribution is -0.0648. The minimum Gasteiger partial charge on any atom is -0.493 e. The van der Waals surface area contributed by atoms with Crippen LogP contribution in [-0.4, -0.2) is 70.4 Å². The molecule has 2 unspecified atom stereocenters. The number of hydrogen-bond donors (Lipinski definition) is 6. The van der Waals surface area contributed by atoms with Crippen molar-refractivity contribution in [2.24, 2.45) is 0 Å². The van der Waals surface area contributed by atoms with Crippen LogP contribution in [0, 0.1) is 13.8 Å². The van der Waals surface area contributed by atoms with Crippen LogP contribution in [0.4, 0.5) is 0 Å². The molecule has 0 radical (unpaired) electrons. The molecule has 2 aromatic carbocycles. The summed E-state index contributed by atoms with van der Waals surface area (Å²) in [5.41, 5.74) is 1.82. The summed E-state index contributed by atoms with van der Waals surface area (Å²) in [5.74, 6) is 1.61. The van der Waals surface area contributed by atoms with Crippen molar-refractivity contribution in [2.75, 3.05) is 26.3 Å². The predicted molar refractivity (Wildman–Crippen MR) is 142 cm³/mol. The Labute approximate surface area is 215 Å². The highest BCUT2D eigenvalue weighted by atomic mass is 16.5. The first-order valence-electron chi connectivity index (χ1n) is 12.5. The molecule has 8 heteroatoms. The predicted octanol–water partition coefficient (Wildman–Crippen LogP) is 2.87. The summed E-state index contributed by atoms with van der Waals surface area (Å²) in [4.78, 5) is 0. The normalized spacial score (nSPS) is 13.9. The number of aliphatic hydroxyl groups excluding tert-OH is 2. The van der Waals surface area contributed by atoms with Gasteiger partial charge in [-0.25, -0.2) is 0 Å². The fourth-order valence-corrected chi connectivity index (χ4v) is 3.61. The molecule has 0 fully saturated rings. The molecule has 0 bridgehead atoms. The summed E-state index contributed by atoms with van der Waals surface area (Å²) in [7, 11) is 0. The van der Waals surface area contributed by atoms with Gasteiger partial charge in [-0.1, -0.05) is 24.3 Å². The molecule has 0 saturated heterocycles. The van der Waals surface area contributed by atoms with Crippen LogP contribution in [0.1, 0.15) is 51.7 Å². The number of aliphatic hydroxyl groups is 4. The molecule has 8 nitrogen and oxygen atoms in total. The highest BCUT2D eigenvalue weighted by Crippen LogP contribution is 2.35. The van der Waals surface area contributed by atoms with E-state index in [-0.39, 0.29) is 0 Å². The van der Waals surface area contributed by atoms with Crippen LogP contribution < -0.4 is 20.1 Å². The maximum absolute atomic E-state index is 9.85. The van der Waals surface area contributed by atoms with E-state index in [0.29, 0.717) is 39.1 Å². The monoisotopic (exact) mass is 504 g/mol. The number of ether oxygens (including phenoxy) is 2. The van der Waals surface area contributed by atoms with Gasteiger partial charge in [-0.2, -0.15) is 0 Å². The van der Waals surface area contributed by atoms with Crippen molar-refractivity contribution in [3.05, 3.63) is 47.5 Å². The Morgan fingerprint density at radius 2 is 1.06 bits per heavy atom. The fraction of sp³-hybridized carbons (Fsp3) is 0.571. The zero-order valence-electron chi connectivity index (χ0n) is 22.5. The van der Waals surface area contributed by atoms with Gasteiger partial charge in [-0.05, 0) is 88.8 Å². The molecule has 36 heavy (non-hydrogen) atoms. The molecule has 0 aliphatic heterocycles. The van der Waals surface area contributed by atoms with Gasteiger partial charge < -0.3 is 29.9 Å². The molecule has 2 aromatic rings. The molecule has 0 amide bonds. The SMILES string of the molecule is Cc1c(OCCCNC(O)C(C)(C)O)cccc1-c1cccc(OCCCNC(O)C(C)(C)O)c1C. The smallest absolute Gasteiger partial charge is 0.133 e. The maximum atomic E-state index is 9.85. The van der Waals surface area contributed by atoms with E-state index < -0.39 is 23.7 Å². The van der Waals surface area contributed by atoms with Gasteiger partial charge in [0.2, 0.25) is 0 Å². The molecular weight excluding hydrogens is 460 g/mol. The van der Waals surface area contributed by atoms with E-state index in [4.69, 9.17) is 9.47 Å². The second-order valence-electron chi connectivity index (χ2n) is 10.3. The number of benzene rings is 2. The maximum Gasteiger partial charge on any atom is 0.133 e. The summed E-state index contributed by atoms with van der Waals surface area (Å²) < 4.78 is 12.0. The molecule has 202 valence electrons. The summed E-state index contributed by atoms with van der Waals surface area (Å²) in [5, 5.41) is 45.1. The molecule has 0 saturated carbocycles. The topological polar surface area (TPSA) is 123 Å². The average Bonchev–Trinajstić information content (AvgIpc) is 2.79. The lowest BCUT2D eigenvalue weighted by Crippen LogP contribution is -2.47. The quantitative estimate of drug-likeness (QED) is 0.162. The lowest BCUT2D eigenvalue weighted by atomic mass is 9.95. The van der Waals surface area contributed by atoms with Crippen LogP contribution in [-0.2, 0) is 0 Å². The molecule has 0 aliphatic rings. The Balaban J connectivity index is 1.94. The van der Waals surface area contributed by atoms with Gasteiger partial charge >= 0.3 is 0 Å². The van der Waals surface area contributed by atoms with E-state index in [0.717, 1.165) is 33.8 Å². The Kier molecular flexibility index (Phi) is 11.2. The minimum atomic E-state index is -1.20. The van der Waals surface area contributed by atoms with Crippen molar-refractivity contribution < 1.29 is 29.9 Å². The third-order valence-corrected chi connectivity index (χ3v) is 6.03. The van der Waals surface area contributed by atoms with Gasteiger partial charge in [0.05, 0.1) is 24.4 Å². The Bertz CT molecular complexity index is 875. The molecule has 2 rings (SSSR count). The van der Waals surface area contributed by atoms with Gasteiger partial charge in [0.25, 0.3) is 0 Å². The molecule has 0 heterocycles. The highest BCUT2D eigenvalue weighted by molar-refractivity contribution is 5.74.